The van der Waals surface area contributed by atoms with Gasteiger partial charge in [0.2, 0.25) is 0 Å². The Labute approximate surface area is 278 Å². The van der Waals surface area contributed by atoms with Gasteiger partial charge in [0.1, 0.15) is 31.0 Å². The second kappa shape index (κ2) is 20.5. The summed E-state index contributed by atoms with van der Waals surface area (Å²) in [6.45, 7) is 12.1. The van der Waals surface area contributed by atoms with E-state index in [2.05, 4.69) is 0 Å². The highest BCUT2D eigenvalue weighted by Gasteiger charge is 2.40. The number of hydrogen-bond donors (Lipinski definition) is 5. The first-order chi connectivity index (χ1) is 22.0. The van der Waals surface area contributed by atoms with Crippen molar-refractivity contribution in [1.82, 2.24) is 0 Å². The first-order valence-electron chi connectivity index (χ1n) is 15.6. The van der Waals surface area contributed by atoms with Crippen LogP contribution < -0.4 is 0 Å². The lowest BCUT2D eigenvalue weighted by atomic mass is 9.71. The van der Waals surface area contributed by atoms with Gasteiger partial charge in [-0.3, -0.25) is 14.4 Å². The first-order valence-corrected chi connectivity index (χ1v) is 15.6. The Morgan fingerprint density at radius 2 is 1.38 bits per heavy atom. The van der Waals surface area contributed by atoms with Crippen molar-refractivity contribution in [1.29, 1.82) is 0 Å². The fraction of sp³-hybridized carbons (Fsp3) is 0.486. The number of allylic oxidation sites excluding steroid dienone is 15. The van der Waals surface area contributed by atoms with E-state index in [4.69, 9.17) is 14.6 Å². The monoisotopic (exact) mass is 656 g/mol. The lowest BCUT2D eigenvalue weighted by molar-refractivity contribution is -0.161. The molecule has 10 heteroatoms. The van der Waals surface area contributed by atoms with Gasteiger partial charge in [-0.25, -0.2) is 0 Å². The van der Waals surface area contributed by atoms with E-state index in [0.717, 1.165) is 16.7 Å². The molecule has 5 atom stereocenters. The lowest BCUT2D eigenvalue weighted by Crippen LogP contribution is -2.47. The second-order valence-corrected chi connectivity index (χ2v) is 12.3. The number of ether oxygens (including phenoxy) is 2. The summed E-state index contributed by atoms with van der Waals surface area (Å²) < 4.78 is 10.3. The van der Waals surface area contributed by atoms with Crippen LogP contribution in [0.15, 0.2) is 94.7 Å². The molecule has 0 heterocycles. The number of aliphatic hydroxyl groups is 5. The highest BCUT2D eigenvalue weighted by Crippen LogP contribution is 2.40. The van der Waals surface area contributed by atoms with Crippen LogP contribution in [0.4, 0.5) is 0 Å². The Morgan fingerprint density at radius 3 is 1.98 bits per heavy atom. The van der Waals surface area contributed by atoms with E-state index in [1.54, 1.807) is 6.92 Å². The Morgan fingerprint density at radius 1 is 0.851 bits per heavy atom. The summed E-state index contributed by atoms with van der Waals surface area (Å²) in [5.74, 6) is -1.96. The maximum absolute atomic E-state index is 13.1. The Kier molecular flexibility index (Phi) is 18.1. The van der Waals surface area contributed by atoms with Crippen molar-refractivity contribution in [2.45, 2.75) is 98.2 Å². The van der Waals surface area contributed by atoms with Crippen molar-refractivity contribution >= 4 is 17.7 Å². The van der Waals surface area contributed by atoms with Gasteiger partial charge >= 0.3 is 11.9 Å². The molecule has 0 bridgehead atoms. The fourth-order valence-electron chi connectivity index (χ4n) is 4.74. The molecule has 5 N–H and O–H groups in total. The van der Waals surface area contributed by atoms with E-state index >= 15 is 0 Å². The maximum Gasteiger partial charge on any atom is 0.307 e. The minimum atomic E-state index is -1.88. The van der Waals surface area contributed by atoms with Crippen LogP contribution in [0, 0.1) is 5.41 Å². The Hall–Kier alpha value is -3.67. The van der Waals surface area contributed by atoms with Gasteiger partial charge in [0.25, 0.3) is 0 Å². The van der Waals surface area contributed by atoms with E-state index < -0.39 is 67.5 Å². The molecule has 0 aromatic carbocycles. The van der Waals surface area contributed by atoms with Crippen LogP contribution in [0.2, 0.25) is 0 Å². The molecular formula is C37H52O10. The van der Waals surface area contributed by atoms with Crippen LogP contribution in [-0.4, -0.2) is 87.0 Å². The molecule has 1 aliphatic rings. The van der Waals surface area contributed by atoms with Crippen LogP contribution in [0.5, 0.6) is 0 Å². The van der Waals surface area contributed by atoms with Crippen molar-refractivity contribution in [2.75, 3.05) is 13.2 Å². The third-order valence-corrected chi connectivity index (χ3v) is 7.53. The molecule has 0 fully saturated rings. The number of rotatable bonds is 17. The van der Waals surface area contributed by atoms with Gasteiger partial charge < -0.3 is 35.0 Å². The summed E-state index contributed by atoms with van der Waals surface area (Å²) in [7, 11) is 0. The number of hydrogen-bond acceptors (Lipinski definition) is 10. The summed E-state index contributed by atoms with van der Waals surface area (Å²) in [4.78, 5) is 37.6. The molecule has 0 saturated carbocycles. The number of carbonyl (C=O) groups is 3. The van der Waals surface area contributed by atoms with Gasteiger partial charge in [-0.2, -0.15) is 0 Å². The molecule has 0 aliphatic heterocycles. The molecule has 0 aromatic heterocycles. The normalized spacial score (nSPS) is 20.8. The van der Waals surface area contributed by atoms with Crippen LogP contribution in [0.1, 0.15) is 67.7 Å². The molecule has 1 rings (SSSR count). The zero-order valence-corrected chi connectivity index (χ0v) is 28.6. The predicted molar refractivity (Wildman–Crippen MR) is 181 cm³/mol. The van der Waals surface area contributed by atoms with Crippen molar-refractivity contribution in [3.63, 3.8) is 0 Å². The van der Waals surface area contributed by atoms with Crippen LogP contribution >= 0.6 is 0 Å². The topological polar surface area (TPSA) is 171 Å². The largest absolute Gasteiger partial charge is 0.463 e. The average molecular weight is 657 g/mol. The highest BCUT2D eigenvalue weighted by molar-refractivity contribution is 6.01. The molecular weight excluding hydrogens is 604 g/mol. The molecule has 0 radical (unpaired) electrons. The molecule has 1 aliphatic carbocycles. The lowest BCUT2D eigenvalue weighted by Gasteiger charge is -2.36. The predicted octanol–water partition coefficient (Wildman–Crippen LogP) is 4.06. The van der Waals surface area contributed by atoms with Gasteiger partial charge in [0, 0.05) is 6.42 Å². The molecule has 260 valence electrons. The van der Waals surface area contributed by atoms with Crippen LogP contribution in [0.3, 0.4) is 0 Å². The highest BCUT2D eigenvalue weighted by atomic mass is 16.6. The van der Waals surface area contributed by atoms with Crippen molar-refractivity contribution in [2.24, 2.45) is 5.41 Å². The van der Waals surface area contributed by atoms with E-state index in [9.17, 15) is 34.8 Å². The molecule has 47 heavy (non-hydrogen) atoms. The summed E-state index contributed by atoms with van der Waals surface area (Å²) in [5, 5.41) is 47.5. The second-order valence-electron chi connectivity index (χ2n) is 12.3. The number of ketones is 1. The number of aliphatic hydroxyl groups excluding tert-OH is 5. The Bertz CT molecular complexity index is 1320. The Balaban J connectivity index is 2.74. The summed E-state index contributed by atoms with van der Waals surface area (Å²) in [6.07, 6.45) is 13.2. The molecule has 0 amide bonds. The van der Waals surface area contributed by atoms with E-state index in [0.29, 0.717) is 5.57 Å². The summed E-state index contributed by atoms with van der Waals surface area (Å²) in [6, 6.07) is 0. The van der Waals surface area contributed by atoms with Crippen molar-refractivity contribution in [3.05, 3.63) is 94.7 Å². The zero-order chi connectivity index (χ0) is 35.7. The van der Waals surface area contributed by atoms with Crippen molar-refractivity contribution < 1.29 is 49.4 Å². The quantitative estimate of drug-likeness (QED) is 0.114. The minimum absolute atomic E-state index is 0.259. The van der Waals surface area contributed by atoms with Gasteiger partial charge in [0.15, 0.2) is 11.9 Å². The zero-order valence-electron chi connectivity index (χ0n) is 28.6. The van der Waals surface area contributed by atoms with Crippen molar-refractivity contribution in [3.8, 4) is 0 Å². The van der Waals surface area contributed by atoms with Crippen LogP contribution in [0.25, 0.3) is 0 Å². The van der Waals surface area contributed by atoms with Gasteiger partial charge in [0.05, 0.1) is 19.4 Å². The summed E-state index contributed by atoms with van der Waals surface area (Å²) >= 11 is 0. The molecule has 0 saturated heterocycles. The molecule has 10 nitrogen and oxygen atoms in total. The molecule has 5 unspecified atom stereocenters. The third kappa shape index (κ3) is 14.7. The number of esters is 2. The fourth-order valence-corrected chi connectivity index (χ4v) is 4.74. The van der Waals surface area contributed by atoms with Gasteiger partial charge in [-0.05, 0) is 51.2 Å². The SMILES string of the molecule is C/C=C/C(C)=C/C=C/C=C(C)/C=C/C=C(C)/C=C/C1=C(C)C(=O)C(OC(=O)CCC(=O)OCC(O)C(O)C(O)C(O)CO)CC1(C)C. The van der Waals surface area contributed by atoms with Crippen LogP contribution in [-0.2, 0) is 23.9 Å². The summed E-state index contributed by atoms with van der Waals surface area (Å²) in [5.41, 5.74) is 4.10. The smallest absolute Gasteiger partial charge is 0.307 e. The van der Waals surface area contributed by atoms with Gasteiger partial charge in [-0.15, -0.1) is 0 Å². The van der Waals surface area contributed by atoms with E-state index in [1.807, 2.05) is 108 Å². The first kappa shape index (κ1) is 41.4. The van der Waals surface area contributed by atoms with E-state index in [1.165, 1.54) is 5.57 Å². The third-order valence-electron chi connectivity index (χ3n) is 7.53. The minimum Gasteiger partial charge on any atom is -0.463 e. The standard InChI is InChI=1S/C37H52O10/c1-8-12-24(2)13-9-10-14-25(3)15-11-16-26(4)17-18-28-27(5)34(43)31(21-37(28,6)7)47-33(42)20-19-32(41)46-23-30(40)36(45)35(44)29(39)22-38/h8-18,29-31,35-36,38-40,44-45H,19-23H2,1-7H3/b10-9+,12-8+,15-11+,18-17+,24-13+,25-14+,26-16+. The number of carbonyl (C=O) groups excluding carboxylic acids is 3. The average Bonchev–Trinajstić information content (AvgIpc) is 3.02. The van der Waals surface area contributed by atoms with E-state index in [-0.39, 0.29) is 18.6 Å². The van der Waals surface area contributed by atoms with Gasteiger partial charge in [-0.1, -0.05) is 97.4 Å². The maximum atomic E-state index is 13.1. The number of Topliss-reactive ketones (excluding diaryl/α,β-unsaturated/α-hetero) is 1. The molecule has 0 spiro atoms. The molecule has 0 aromatic rings.